The fourth-order valence-electron chi connectivity index (χ4n) is 3.95. The molecule has 2 aliphatic carbocycles. The van der Waals surface area contributed by atoms with Gasteiger partial charge in [0.2, 0.25) is 0 Å². The standard InChI is InChI=1S/C25H27NO5/c1-15-19-8-4-3-7-18(19)14-22(15)31-25(29)16(2)26-24(28)20-9-5-6-10-21(20)30-23(27)13-17-11-12-17/h3-10,15-17,22H,11-14H2,1-2H3,(H,26,28)/t15?,16-,22?/m0/s1. The molecule has 6 heteroatoms. The van der Waals surface area contributed by atoms with Crippen molar-refractivity contribution >= 4 is 17.8 Å². The third kappa shape index (κ3) is 4.95. The van der Waals surface area contributed by atoms with Crippen molar-refractivity contribution in [3.8, 4) is 5.75 Å². The van der Waals surface area contributed by atoms with Crippen molar-refractivity contribution in [2.75, 3.05) is 0 Å². The number of hydrogen-bond donors (Lipinski definition) is 1. The van der Waals surface area contributed by atoms with Crippen LogP contribution in [0.1, 0.15) is 60.5 Å². The van der Waals surface area contributed by atoms with E-state index < -0.39 is 17.9 Å². The molecule has 1 fully saturated rings. The van der Waals surface area contributed by atoms with Crippen LogP contribution in [0.15, 0.2) is 48.5 Å². The van der Waals surface area contributed by atoms with Crippen molar-refractivity contribution in [1.82, 2.24) is 5.32 Å². The van der Waals surface area contributed by atoms with Crippen molar-refractivity contribution in [1.29, 1.82) is 0 Å². The molecule has 0 heterocycles. The summed E-state index contributed by atoms with van der Waals surface area (Å²) in [6.07, 6.45) is 2.87. The van der Waals surface area contributed by atoms with Gasteiger partial charge in [0.25, 0.3) is 5.91 Å². The summed E-state index contributed by atoms with van der Waals surface area (Å²) in [5, 5.41) is 2.67. The lowest BCUT2D eigenvalue weighted by Gasteiger charge is -2.20. The topological polar surface area (TPSA) is 81.7 Å². The highest BCUT2D eigenvalue weighted by molar-refractivity contribution is 5.99. The van der Waals surface area contributed by atoms with Gasteiger partial charge in [-0.1, -0.05) is 43.3 Å². The molecule has 0 aromatic heterocycles. The van der Waals surface area contributed by atoms with Gasteiger partial charge in [-0.2, -0.15) is 0 Å². The maximum Gasteiger partial charge on any atom is 0.328 e. The predicted octanol–water partition coefficient (Wildman–Crippen LogP) is 3.78. The van der Waals surface area contributed by atoms with Crippen LogP contribution in [-0.2, 0) is 20.7 Å². The van der Waals surface area contributed by atoms with Gasteiger partial charge in [-0.25, -0.2) is 4.79 Å². The second kappa shape index (κ2) is 8.92. The molecule has 3 atom stereocenters. The van der Waals surface area contributed by atoms with Crippen LogP contribution in [0.2, 0.25) is 0 Å². The van der Waals surface area contributed by atoms with Crippen LogP contribution in [-0.4, -0.2) is 30.0 Å². The summed E-state index contributed by atoms with van der Waals surface area (Å²) in [6, 6.07) is 13.8. The first-order valence-corrected chi connectivity index (χ1v) is 10.8. The lowest BCUT2D eigenvalue weighted by atomic mass is 10.0. The van der Waals surface area contributed by atoms with E-state index in [2.05, 4.69) is 11.4 Å². The number of amides is 1. The molecule has 2 aliphatic rings. The maximum atomic E-state index is 12.8. The molecular formula is C25H27NO5. The molecule has 0 spiro atoms. The summed E-state index contributed by atoms with van der Waals surface area (Å²) in [7, 11) is 0. The average Bonchev–Trinajstić information content (AvgIpc) is 3.51. The Balaban J connectivity index is 1.35. The van der Waals surface area contributed by atoms with Crippen molar-refractivity contribution in [2.24, 2.45) is 5.92 Å². The largest absolute Gasteiger partial charge is 0.460 e. The first kappa shape index (κ1) is 21.1. The fraction of sp³-hybridized carbons (Fsp3) is 0.400. The molecule has 0 radical (unpaired) electrons. The first-order valence-electron chi connectivity index (χ1n) is 10.8. The molecule has 162 valence electrons. The smallest absolute Gasteiger partial charge is 0.328 e. The normalized spacial score (nSPS) is 20.5. The Morgan fingerprint density at radius 3 is 2.52 bits per heavy atom. The van der Waals surface area contributed by atoms with E-state index in [1.807, 2.05) is 25.1 Å². The van der Waals surface area contributed by atoms with E-state index in [-0.39, 0.29) is 29.3 Å². The SMILES string of the molecule is CC1c2ccccc2CC1OC(=O)[C@H](C)NC(=O)c1ccccc1OC(=O)CC1CC1. The number of benzene rings is 2. The van der Waals surface area contributed by atoms with Gasteiger partial charge in [0.1, 0.15) is 17.9 Å². The van der Waals surface area contributed by atoms with Crippen molar-refractivity contribution in [2.45, 2.75) is 57.6 Å². The van der Waals surface area contributed by atoms with Gasteiger partial charge in [0, 0.05) is 18.8 Å². The lowest BCUT2D eigenvalue weighted by molar-refractivity contribution is -0.151. The minimum atomic E-state index is -0.835. The molecule has 1 saturated carbocycles. The van der Waals surface area contributed by atoms with Crippen LogP contribution in [0.4, 0.5) is 0 Å². The van der Waals surface area contributed by atoms with Gasteiger partial charge in [0.05, 0.1) is 5.56 Å². The molecule has 31 heavy (non-hydrogen) atoms. The first-order chi connectivity index (χ1) is 14.9. The predicted molar refractivity (Wildman–Crippen MR) is 115 cm³/mol. The third-order valence-corrected chi connectivity index (χ3v) is 6.00. The quantitative estimate of drug-likeness (QED) is 0.543. The summed E-state index contributed by atoms with van der Waals surface area (Å²) < 4.78 is 11.1. The van der Waals surface area contributed by atoms with Crippen LogP contribution >= 0.6 is 0 Å². The Hall–Kier alpha value is -3.15. The Morgan fingerprint density at radius 1 is 1.06 bits per heavy atom. The third-order valence-electron chi connectivity index (χ3n) is 6.00. The van der Waals surface area contributed by atoms with Gasteiger partial charge in [-0.05, 0) is 48.9 Å². The maximum absolute atomic E-state index is 12.8. The number of carbonyl (C=O) groups excluding carboxylic acids is 3. The number of rotatable bonds is 7. The van der Waals surface area contributed by atoms with Crippen molar-refractivity contribution in [3.05, 3.63) is 65.2 Å². The number of esters is 2. The average molecular weight is 421 g/mol. The highest BCUT2D eigenvalue weighted by Crippen LogP contribution is 2.35. The van der Waals surface area contributed by atoms with Crippen LogP contribution in [0.5, 0.6) is 5.75 Å². The van der Waals surface area contributed by atoms with Gasteiger partial charge in [0.15, 0.2) is 0 Å². The van der Waals surface area contributed by atoms with Gasteiger partial charge >= 0.3 is 11.9 Å². The Morgan fingerprint density at radius 2 is 1.77 bits per heavy atom. The number of para-hydroxylation sites is 1. The molecule has 0 bridgehead atoms. The van der Waals surface area contributed by atoms with Gasteiger partial charge in [-0.3, -0.25) is 9.59 Å². The molecule has 0 aliphatic heterocycles. The highest BCUT2D eigenvalue weighted by atomic mass is 16.5. The van der Waals surface area contributed by atoms with Gasteiger partial charge in [-0.15, -0.1) is 0 Å². The number of fused-ring (bicyclic) bond motifs is 1. The van der Waals surface area contributed by atoms with E-state index in [0.29, 0.717) is 18.8 Å². The Bertz CT molecular complexity index is 997. The van der Waals surface area contributed by atoms with Crippen LogP contribution in [0.3, 0.4) is 0 Å². The van der Waals surface area contributed by atoms with Crippen molar-refractivity contribution < 1.29 is 23.9 Å². The molecular weight excluding hydrogens is 394 g/mol. The van der Waals surface area contributed by atoms with E-state index in [9.17, 15) is 14.4 Å². The number of carbonyl (C=O) groups is 3. The van der Waals surface area contributed by atoms with Crippen LogP contribution in [0.25, 0.3) is 0 Å². The summed E-state index contributed by atoms with van der Waals surface area (Å²) in [4.78, 5) is 37.5. The van der Waals surface area contributed by atoms with E-state index >= 15 is 0 Å². The summed E-state index contributed by atoms with van der Waals surface area (Å²) in [5.41, 5.74) is 2.60. The molecule has 1 amide bonds. The zero-order chi connectivity index (χ0) is 22.0. The van der Waals surface area contributed by atoms with Gasteiger partial charge < -0.3 is 14.8 Å². The number of hydrogen-bond acceptors (Lipinski definition) is 5. The summed E-state index contributed by atoms with van der Waals surface area (Å²) in [5.74, 6) is -0.610. The highest BCUT2D eigenvalue weighted by Gasteiger charge is 2.33. The van der Waals surface area contributed by atoms with E-state index in [0.717, 1.165) is 12.8 Å². The number of ether oxygens (including phenoxy) is 2. The minimum absolute atomic E-state index is 0.106. The zero-order valence-electron chi connectivity index (χ0n) is 17.8. The molecule has 1 N–H and O–H groups in total. The number of nitrogens with one attached hydrogen (secondary N) is 1. The van der Waals surface area contributed by atoms with E-state index in [1.54, 1.807) is 31.2 Å². The van der Waals surface area contributed by atoms with Crippen molar-refractivity contribution in [3.63, 3.8) is 0 Å². The lowest BCUT2D eigenvalue weighted by Crippen LogP contribution is -2.41. The molecule has 2 aromatic rings. The molecule has 6 nitrogen and oxygen atoms in total. The molecule has 0 saturated heterocycles. The molecule has 4 rings (SSSR count). The van der Waals surface area contributed by atoms with Crippen LogP contribution in [0, 0.1) is 5.92 Å². The van der Waals surface area contributed by atoms with E-state index in [1.165, 1.54) is 11.1 Å². The van der Waals surface area contributed by atoms with E-state index in [4.69, 9.17) is 9.47 Å². The monoisotopic (exact) mass is 421 g/mol. The summed E-state index contributed by atoms with van der Waals surface area (Å²) in [6.45, 7) is 3.63. The zero-order valence-corrected chi connectivity index (χ0v) is 17.8. The fourth-order valence-corrected chi connectivity index (χ4v) is 3.95. The second-order valence-electron chi connectivity index (χ2n) is 8.48. The minimum Gasteiger partial charge on any atom is -0.460 e. The van der Waals surface area contributed by atoms with Crippen LogP contribution < -0.4 is 10.1 Å². The molecule has 2 unspecified atom stereocenters. The summed E-state index contributed by atoms with van der Waals surface area (Å²) >= 11 is 0. The second-order valence-corrected chi connectivity index (χ2v) is 8.48. The molecule has 2 aromatic carbocycles. The Labute approximate surface area is 181 Å². The Kier molecular flexibility index (Phi) is 6.07.